The van der Waals surface area contributed by atoms with Crippen LogP contribution in [0.4, 0.5) is 0 Å². The number of carbonyl (C=O) groups is 4. The molecule has 0 spiro atoms. The molecule has 12 heteroatoms. The fraction of sp³-hybridized carbons (Fsp3) is 0.675. The minimum absolute atomic E-state index is 0.0175. The van der Waals surface area contributed by atoms with Crippen molar-refractivity contribution in [3.05, 3.63) is 52.5 Å². The van der Waals surface area contributed by atoms with E-state index in [1.807, 2.05) is 70.1 Å². The number of nitrogens with one attached hydrogen (secondary N) is 3. The number of rotatable bonds is 20. The Labute approximate surface area is 316 Å². The molecule has 290 valence electrons. The van der Waals surface area contributed by atoms with E-state index >= 15 is 0 Å². The second-order valence-electron chi connectivity index (χ2n) is 15.3. The van der Waals surface area contributed by atoms with Gasteiger partial charge in [-0.1, -0.05) is 85.2 Å². The van der Waals surface area contributed by atoms with E-state index in [1.54, 1.807) is 25.3 Å². The lowest BCUT2D eigenvalue weighted by Gasteiger charge is -2.43. The van der Waals surface area contributed by atoms with Gasteiger partial charge in [-0.2, -0.15) is 0 Å². The first kappa shape index (κ1) is 43.1. The predicted octanol–water partition coefficient (Wildman–Crippen LogP) is 5.57. The zero-order valence-corrected chi connectivity index (χ0v) is 33.9. The number of hydrogen-bond donors (Lipinski definition) is 3. The fourth-order valence-electron chi connectivity index (χ4n) is 7.53. The van der Waals surface area contributed by atoms with Crippen molar-refractivity contribution in [1.82, 2.24) is 30.7 Å². The summed E-state index contributed by atoms with van der Waals surface area (Å²) in [6.45, 7) is 14.4. The minimum atomic E-state index is -0.709. The number of carbonyl (C=O) groups excluding carboxylic acids is 4. The van der Waals surface area contributed by atoms with Gasteiger partial charge in [0.05, 0.1) is 30.3 Å². The van der Waals surface area contributed by atoms with Crippen LogP contribution in [0.25, 0.3) is 0 Å². The van der Waals surface area contributed by atoms with Crippen LogP contribution in [0, 0.1) is 23.7 Å². The summed E-state index contributed by atoms with van der Waals surface area (Å²) < 4.78 is 6.04. The van der Waals surface area contributed by atoms with Crippen LogP contribution >= 0.6 is 11.3 Å². The molecule has 0 radical (unpaired) electrons. The van der Waals surface area contributed by atoms with Crippen molar-refractivity contribution in [2.75, 3.05) is 27.7 Å². The molecule has 0 bridgehead atoms. The monoisotopic (exact) mass is 740 g/mol. The maximum absolute atomic E-state index is 14.3. The lowest BCUT2D eigenvalue weighted by molar-refractivity contribution is -0.148. The Bertz CT molecular complexity index is 1420. The molecular formula is C40H64N6O5S. The summed E-state index contributed by atoms with van der Waals surface area (Å²) in [5.41, 5.74) is 0.403. The number of likely N-dealkylation sites (tertiary alicyclic amines) is 1. The maximum Gasteiger partial charge on any atom is 0.245 e. The Balaban J connectivity index is 1.78. The molecule has 11 nitrogen and oxygen atoms in total. The highest BCUT2D eigenvalue weighted by Gasteiger charge is 2.46. The van der Waals surface area contributed by atoms with Gasteiger partial charge in [-0.3, -0.25) is 24.5 Å². The Morgan fingerprint density at radius 3 is 2.29 bits per heavy atom. The molecule has 7 unspecified atom stereocenters. The largest absolute Gasteiger partial charge is 0.379 e. The van der Waals surface area contributed by atoms with E-state index in [9.17, 15) is 19.2 Å². The number of aromatic nitrogens is 1. The van der Waals surface area contributed by atoms with E-state index in [-0.39, 0.29) is 53.8 Å². The number of methoxy groups -OCH3 is 1. The Morgan fingerprint density at radius 1 is 1.04 bits per heavy atom. The van der Waals surface area contributed by atoms with Crippen LogP contribution in [0.2, 0.25) is 0 Å². The Hall–Kier alpha value is -3.35. The third-order valence-corrected chi connectivity index (χ3v) is 11.5. The number of nitrogens with zero attached hydrogens (tertiary/aromatic N) is 3. The predicted molar refractivity (Wildman–Crippen MR) is 207 cm³/mol. The first-order chi connectivity index (χ1) is 24.7. The molecule has 3 N–H and O–H groups in total. The molecule has 1 saturated heterocycles. The molecule has 1 aliphatic rings. The first-order valence-corrected chi connectivity index (χ1v) is 19.9. The van der Waals surface area contributed by atoms with Gasteiger partial charge in [0.25, 0.3) is 0 Å². The van der Waals surface area contributed by atoms with Crippen LogP contribution in [-0.2, 0) is 30.3 Å². The van der Waals surface area contributed by atoms with Crippen LogP contribution < -0.4 is 16.0 Å². The van der Waals surface area contributed by atoms with Gasteiger partial charge in [-0.25, -0.2) is 4.98 Å². The van der Waals surface area contributed by atoms with Crippen LogP contribution in [-0.4, -0.2) is 90.0 Å². The van der Waals surface area contributed by atoms with Crippen LogP contribution in [0.5, 0.6) is 0 Å². The van der Waals surface area contributed by atoms with Crippen molar-refractivity contribution >= 4 is 35.0 Å². The summed E-state index contributed by atoms with van der Waals surface area (Å²) in [6, 6.07) is 8.71. The van der Waals surface area contributed by atoms with Crippen molar-refractivity contribution in [3.8, 4) is 0 Å². The zero-order chi connectivity index (χ0) is 38.6. The van der Waals surface area contributed by atoms with Crippen LogP contribution in [0.3, 0.4) is 0 Å². The summed E-state index contributed by atoms with van der Waals surface area (Å²) in [5.74, 6) is -0.846. The van der Waals surface area contributed by atoms with Crippen LogP contribution in [0.15, 0.2) is 41.9 Å². The van der Waals surface area contributed by atoms with Crippen molar-refractivity contribution < 1.29 is 23.9 Å². The maximum atomic E-state index is 14.3. The molecule has 1 aromatic carbocycles. The van der Waals surface area contributed by atoms with Gasteiger partial charge in [-0.05, 0) is 56.0 Å². The Morgan fingerprint density at radius 2 is 1.73 bits per heavy atom. The summed E-state index contributed by atoms with van der Waals surface area (Å²) in [4.78, 5) is 62.9. The quantitative estimate of drug-likeness (QED) is 0.162. The van der Waals surface area contributed by atoms with Gasteiger partial charge < -0.3 is 25.2 Å². The van der Waals surface area contributed by atoms with Crippen LogP contribution in [0.1, 0.15) is 104 Å². The molecule has 2 aromatic rings. The van der Waals surface area contributed by atoms with E-state index in [1.165, 1.54) is 11.3 Å². The highest BCUT2D eigenvalue weighted by molar-refractivity contribution is 7.09. The molecule has 0 saturated carbocycles. The average molecular weight is 741 g/mol. The van der Waals surface area contributed by atoms with Gasteiger partial charge >= 0.3 is 0 Å². The topological polar surface area (TPSA) is 133 Å². The van der Waals surface area contributed by atoms with Crippen molar-refractivity contribution in [2.24, 2.45) is 23.7 Å². The number of likely N-dealkylation sites (N-methyl/N-ethyl adjacent to an activating group) is 1. The van der Waals surface area contributed by atoms with Gasteiger partial charge in [0, 0.05) is 44.6 Å². The van der Waals surface area contributed by atoms with E-state index in [2.05, 4.69) is 46.9 Å². The third-order valence-electron chi connectivity index (χ3n) is 10.6. The summed E-state index contributed by atoms with van der Waals surface area (Å²) >= 11 is 1.52. The molecule has 1 fully saturated rings. The lowest BCUT2D eigenvalue weighted by Crippen LogP contribution is -2.60. The first-order valence-electron chi connectivity index (χ1n) is 19.0. The van der Waals surface area contributed by atoms with E-state index in [0.717, 1.165) is 23.4 Å². The van der Waals surface area contributed by atoms with Gasteiger partial charge in [0.1, 0.15) is 11.0 Å². The van der Waals surface area contributed by atoms with Gasteiger partial charge in [-0.15, -0.1) is 11.3 Å². The highest BCUT2D eigenvalue weighted by atomic mass is 32.1. The smallest absolute Gasteiger partial charge is 0.245 e. The molecule has 1 aliphatic heterocycles. The van der Waals surface area contributed by atoms with Crippen molar-refractivity contribution in [2.45, 2.75) is 123 Å². The fourth-order valence-corrected chi connectivity index (χ4v) is 8.22. The standard InChI is InChI=1S/C40H64N6O5S/c1-11-28(6)36(45(9)39(50)35(27(4)5)44-33(47)22-26(2)3)32(51-10)24-34(48)46-20-15-18-40(46,41-8)25-29(7)37(49)43-31(38-42-19-21-52-38)23-30-16-13-12-14-17-30/h12-14,16-17,19,21,26-29,31-32,35-36,41H,11,15,18,20,22-25H2,1-10H3,(H,43,49)(H,44,47). The minimum Gasteiger partial charge on any atom is -0.379 e. The molecule has 7 atom stereocenters. The number of thiazole rings is 1. The summed E-state index contributed by atoms with van der Waals surface area (Å²) in [6.07, 6.45) is 4.94. The number of amides is 4. The second-order valence-corrected chi connectivity index (χ2v) is 16.3. The van der Waals surface area contributed by atoms with Gasteiger partial charge in [0.15, 0.2) is 0 Å². The SMILES string of the molecule is CCC(C)C(C(CC(=O)N1CCCC1(CC(C)C(=O)NC(Cc1ccccc1)c1nccs1)NC)OC)N(C)C(=O)C(NC(=O)CC(C)C)C(C)C. The lowest BCUT2D eigenvalue weighted by atomic mass is 9.89. The van der Waals surface area contributed by atoms with E-state index in [4.69, 9.17) is 4.74 Å². The highest BCUT2D eigenvalue weighted by Crippen LogP contribution is 2.35. The average Bonchev–Trinajstić information content (AvgIpc) is 3.80. The molecular weight excluding hydrogens is 677 g/mol. The van der Waals surface area contributed by atoms with E-state index < -0.39 is 29.8 Å². The molecule has 3 rings (SSSR count). The summed E-state index contributed by atoms with van der Waals surface area (Å²) in [5, 5.41) is 12.4. The number of hydrogen-bond acceptors (Lipinski definition) is 8. The summed E-state index contributed by atoms with van der Waals surface area (Å²) in [7, 11) is 5.20. The molecule has 1 aromatic heterocycles. The number of ether oxygens (including phenoxy) is 1. The molecule has 4 amide bonds. The van der Waals surface area contributed by atoms with Crippen molar-refractivity contribution in [3.63, 3.8) is 0 Å². The third kappa shape index (κ3) is 11.3. The normalized spacial score (nSPS) is 19.5. The molecule has 2 heterocycles. The van der Waals surface area contributed by atoms with Gasteiger partial charge in [0.2, 0.25) is 23.6 Å². The molecule has 0 aliphatic carbocycles. The number of benzene rings is 1. The van der Waals surface area contributed by atoms with Crippen molar-refractivity contribution in [1.29, 1.82) is 0 Å². The zero-order valence-electron chi connectivity index (χ0n) is 33.1. The molecule has 52 heavy (non-hydrogen) atoms. The van der Waals surface area contributed by atoms with E-state index in [0.29, 0.717) is 32.2 Å². The Kier molecular flexibility index (Phi) is 16.7. The second kappa shape index (κ2) is 20.2.